The summed E-state index contributed by atoms with van der Waals surface area (Å²) < 4.78 is 10.8. The summed E-state index contributed by atoms with van der Waals surface area (Å²) in [6, 6.07) is 6.16. The van der Waals surface area contributed by atoms with Gasteiger partial charge in [0.1, 0.15) is 0 Å². The first-order chi connectivity index (χ1) is 11.7. The molecule has 0 aromatic heterocycles. The summed E-state index contributed by atoms with van der Waals surface area (Å²) in [7, 11) is 1.87. The van der Waals surface area contributed by atoms with Crippen molar-refractivity contribution in [3.63, 3.8) is 0 Å². The Morgan fingerprint density at radius 3 is 3.00 bits per heavy atom. The van der Waals surface area contributed by atoms with Crippen LogP contribution in [-0.4, -0.2) is 55.3 Å². The molecule has 2 aliphatic heterocycles. The summed E-state index contributed by atoms with van der Waals surface area (Å²) in [6.07, 6.45) is 0.936. The van der Waals surface area contributed by atoms with Gasteiger partial charge in [0.2, 0.25) is 6.79 Å². The van der Waals surface area contributed by atoms with Gasteiger partial charge in [0.05, 0.1) is 0 Å². The number of aliphatic imine (C=N–C) groups is 1. The van der Waals surface area contributed by atoms with Crippen LogP contribution in [0.15, 0.2) is 23.2 Å². The minimum Gasteiger partial charge on any atom is -0.454 e. The molecular formula is C18H27N3O2S. The van der Waals surface area contributed by atoms with Crippen LogP contribution in [0, 0.1) is 5.92 Å². The van der Waals surface area contributed by atoms with Gasteiger partial charge in [-0.3, -0.25) is 4.99 Å². The summed E-state index contributed by atoms with van der Waals surface area (Å²) >= 11 is 2.08. The fourth-order valence-electron chi connectivity index (χ4n) is 3.02. The average Bonchev–Trinajstić information content (AvgIpc) is 3.06. The van der Waals surface area contributed by atoms with Gasteiger partial charge in [-0.1, -0.05) is 19.9 Å². The molecule has 3 rings (SSSR count). The molecule has 0 saturated carbocycles. The number of ether oxygens (including phenoxy) is 2. The largest absolute Gasteiger partial charge is 0.454 e. The van der Waals surface area contributed by atoms with Crippen molar-refractivity contribution < 1.29 is 9.47 Å². The predicted octanol–water partition coefficient (Wildman–Crippen LogP) is 2.61. The lowest BCUT2D eigenvalue weighted by atomic mass is 10.1. The number of nitrogens with zero attached hydrogens (tertiary/aromatic N) is 2. The van der Waals surface area contributed by atoms with E-state index in [1.54, 1.807) is 0 Å². The van der Waals surface area contributed by atoms with Gasteiger partial charge >= 0.3 is 0 Å². The van der Waals surface area contributed by atoms with Crippen molar-refractivity contribution in [3.05, 3.63) is 23.8 Å². The second-order valence-corrected chi connectivity index (χ2v) is 7.86. The Morgan fingerprint density at radius 2 is 2.21 bits per heavy atom. The molecule has 24 heavy (non-hydrogen) atoms. The zero-order valence-corrected chi connectivity index (χ0v) is 15.6. The van der Waals surface area contributed by atoms with Crippen LogP contribution in [0.25, 0.3) is 0 Å². The van der Waals surface area contributed by atoms with E-state index in [0.717, 1.165) is 43.5 Å². The molecule has 1 aromatic carbocycles. The number of hydrogen-bond donors (Lipinski definition) is 1. The molecule has 0 radical (unpaired) electrons. The van der Waals surface area contributed by atoms with E-state index in [-0.39, 0.29) is 0 Å². The second-order valence-electron chi connectivity index (χ2n) is 6.51. The fraction of sp³-hybridized carbons (Fsp3) is 0.611. The maximum atomic E-state index is 5.44. The molecule has 132 valence electrons. The minimum absolute atomic E-state index is 0.327. The van der Waals surface area contributed by atoms with E-state index < -0.39 is 0 Å². The lowest BCUT2D eigenvalue weighted by Crippen LogP contribution is -2.49. The molecule has 2 heterocycles. The average molecular weight is 350 g/mol. The first-order valence-corrected chi connectivity index (χ1v) is 9.68. The fourth-order valence-corrected chi connectivity index (χ4v) is 4.32. The standard InChI is InChI=1S/C18H27N3O2S/c1-13(2)17-11-21(8-9-24-17)18(19-3)20-7-6-14-4-5-15-16(10-14)23-12-22-15/h4-5,10,13,17H,6-9,11-12H2,1-3H3,(H,19,20). The lowest BCUT2D eigenvalue weighted by Gasteiger charge is -2.36. The van der Waals surface area contributed by atoms with Crippen LogP contribution in [-0.2, 0) is 6.42 Å². The van der Waals surface area contributed by atoms with Crippen molar-refractivity contribution in [2.75, 3.05) is 39.2 Å². The number of rotatable bonds is 4. The third-order valence-corrected chi connectivity index (χ3v) is 6.02. The van der Waals surface area contributed by atoms with Gasteiger partial charge in [-0.05, 0) is 30.0 Å². The van der Waals surface area contributed by atoms with Gasteiger partial charge in [-0.15, -0.1) is 0 Å². The number of guanidine groups is 1. The van der Waals surface area contributed by atoms with Gasteiger partial charge < -0.3 is 19.7 Å². The van der Waals surface area contributed by atoms with Crippen molar-refractivity contribution in [1.82, 2.24) is 10.2 Å². The van der Waals surface area contributed by atoms with Crippen molar-refractivity contribution in [3.8, 4) is 11.5 Å². The van der Waals surface area contributed by atoms with E-state index in [1.165, 1.54) is 11.3 Å². The highest BCUT2D eigenvalue weighted by Crippen LogP contribution is 2.32. The molecule has 1 fully saturated rings. The summed E-state index contributed by atoms with van der Waals surface area (Å²) in [5, 5.41) is 4.20. The maximum absolute atomic E-state index is 5.44. The van der Waals surface area contributed by atoms with Crippen LogP contribution in [0.4, 0.5) is 0 Å². The first-order valence-electron chi connectivity index (χ1n) is 8.63. The predicted molar refractivity (Wildman–Crippen MR) is 100 cm³/mol. The van der Waals surface area contributed by atoms with Crippen LogP contribution in [0.3, 0.4) is 0 Å². The van der Waals surface area contributed by atoms with Crippen LogP contribution in [0.2, 0.25) is 0 Å². The van der Waals surface area contributed by atoms with E-state index >= 15 is 0 Å². The van der Waals surface area contributed by atoms with Crippen molar-refractivity contribution in [2.24, 2.45) is 10.9 Å². The van der Waals surface area contributed by atoms with E-state index in [2.05, 4.69) is 53.0 Å². The normalized spacial score (nSPS) is 20.6. The summed E-state index contributed by atoms with van der Waals surface area (Å²) in [6.45, 7) is 7.94. The molecule has 0 amide bonds. The molecule has 1 aromatic rings. The van der Waals surface area contributed by atoms with E-state index in [0.29, 0.717) is 18.0 Å². The Balaban J connectivity index is 1.51. The van der Waals surface area contributed by atoms with Crippen molar-refractivity contribution in [2.45, 2.75) is 25.5 Å². The number of fused-ring (bicyclic) bond motifs is 1. The van der Waals surface area contributed by atoms with E-state index in [9.17, 15) is 0 Å². The highest BCUT2D eigenvalue weighted by molar-refractivity contribution is 8.00. The Morgan fingerprint density at radius 1 is 1.38 bits per heavy atom. The summed E-state index contributed by atoms with van der Waals surface area (Å²) in [5.74, 6) is 4.58. The Hall–Kier alpha value is -1.56. The molecule has 1 unspecified atom stereocenters. The number of thioether (sulfide) groups is 1. The summed E-state index contributed by atoms with van der Waals surface area (Å²) in [4.78, 5) is 6.86. The quantitative estimate of drug-likeness (QED) is 0.669. The van der Waals surface area contributed by atoms with E-state index in [1.807, 2.05) is 13.1 Å². The van der Waals surface area contributed by atoms with Gasteiger partial charge in [0.15, 0.2) is 17.5 Å². The molecule has 0 bridgehead atoms. The molecule has 1 N–H and O–H groups in total. The van der Waals surface area contributed by atoms with Gasteiger partial charge in [0, 0.05) is 37.7 Å². The second kappa shape index (κ2) is 8.01. The maximum Gasteiger partial charge on any atom is 0.231 e. The first kappa shape index (κ1) is 17.3. The lowest BCUT2D eigenvalue weighted by molar-refractivity contribution is 0.174. The molecular weight excluding hydrogens is 322 g/mol. The SMILES string of the molecule is CN=C(NCCc1ccc2c(c1)OCO2)N1CCSC(C(C)C)C1. The van der Waals surface area contributed by atoms with Crippen LogP contribution < -0.4 is 14.8 Å². The Labute approximate surface area is 148 Å². The molecule has 5 nitrogen and oxygen atoms in total. The Bertz CT molecular complexity index is 592. The van der Waals surface area contributed by atoms with Gasteiger partial charge in [-0.25, -0.2) is 0 Å². The highest BCUT2D eigenvalue weighted by Gasteiger charge is 2.24. The zero-order chi connectivity index (χ0) is 16.9. The summed E-state index contributed by atoms with van der Waals surface area (Å²) in [5.41, 5.74) is 1.25. The van der Waals surface area contributed by atoms with E-state index in [4.69, 9.17) is 9.47 Å². The van der Waals surface area contributed by atoms with Crippen molar-refractivity contribution >= 4 is 17.7 Å². The van der Waals surface area contributed by atoms with Crippen LogP contribution >= 0.6 is 11.8 Å². The number of benzene rings is 1. The zero-order valence-electron chi connectivity index (χ0n) is 14.7. The molecule has 0 aliphatic carbocycles. The highest BCUT2D eigenvalue weighted by atomic mass is 32.2. The van der Waals surface area contributed by atoms with Gasteiger partial charge in [-0.2, -0.15) is 11.8 Å². The number of nitrogens with one attached hydrogen (secondary N) is 1. The minimum atomic E-state index is 0.327. The van der Waals surface area contributed by atoms with Gasteiger partial charge in [0.25, 0.3) is 0 Å². The topological polar surface area (TPSA) is 46.1 Å². The molecule has 6 heteroatoms. The monoisotopic (exact) mass is 349 g/mol. The smallest absolute Gasteiger partial charge is 0.231 e. The van der Waals surface area contributed by atoms with Crippen molar-refractivity contribution in [1.29, 1.82) is 0 Å². The molecule has 0 spiro atoms. The Kier molecular flexibility index (Phi) is 5.76. The molecule has 1 saturated heterocycles. The molecule has 2 aliphatic rings. The third kappa shape index (κ3) is 4.09. The third-order valence-electron chi connectivity index (χ3n) is 4.48. The number of hydrogen-bond acceptors (Lipinski definition) is 4. The van der Waals surface area contributed by atoms with Crippen LogP contribution in [0.1, 0.15) is 19.4 Å². The van der Waals surface area contributed by atoms with Crippen LogP contribution in [0.5, 0.6) is 11.5 Å². The molecule has 1 atom stereocenters.